The Morgan fingerprint density at radius 1 is 1.26 bits per heavy atom. The Morgan fingerprint density at radius 2 is 2.03 bits per heavy atom. The molecule has 1 aliphatic heterocycles. The highest BCUT2D eigenvalue weighted by Gasteiger charge is 2.35. The Hall–Kier alpha value is -2.94. The first-order chi connectivity index (χ1) is 16.1. The van der Waals surface area contributed by atoms with Gasteiger partial charge >= 0.3 is 6.18 Å². The van der Waals surface area contributed by atoms with E-state index in [0.29, 0.717) is 35.1 Å². The van der Waals surface area contributed by atoms with E-state index in [1.165, 1.54) is 0 Å². The molecule has 1 saturated carbocycles. The number of halogens is 4. The lowest BCUT2D eigenvalue weighted by molar-refractivity contribution is -0.122. The van der Waals surface area contributed by atoms with Gasteiger partial charge in [-0.05, 0) is 56.0 Å². The molecule has 182 valence electrons. The fourth-order valence-electron chi connectivity index (χ4n) is 4.08. The molecule has 2 aliphatic rings. The second kappa shape index (κ2) is 9.74. The molecule has 0 bridgehead atoms. The second-order valence-electron chi connectivity index (χ2n) is 9.05. The van der Waals surface area contributed by atoms with Crippen molar-refractivity contribution in [2.75, 3.05) is 32.0 Å². The van der Waals surface area contributed by atoms with Crippen LogP contribution in [0.4, 0.5) is 23.2 Å². The molecule has 0 unspecified atom stereocenters. The Kier molecular flexibility index (Phi) is 6.93. The standard InChI is InChI=1S/C25H28F4N4O/c1-15(25(27,28)29)23-20-8-7-19(31-22-9-11-33(2)14-21(22)26)13-17(20)12-18(32-23)4-3-10-30-24(34)16-5-6-16/h3-4,7-8,12-13,16,21-22,31H,1,5-6,9-11,14H2,2H3,(H,30,34)/b4-3+/t21-,22+/m0/s1. The highest BCUT2D eigenvalue weighted by Crippen LogP contribution is 2.36. The van der Waals surface area contributed by atoms with Gasteiger partial charge in [-0.1, -0.05) is 18.7 Å². The average molecular weight is 477 g/mol. The van der Waals surface area contributed by atoms with E-state index in [2.05, 4.69) is 22.2 Å². The summed E-state index contributed by atoms with van der Waals surface area (Å²) in [6.07, 6.45) is -0.0341. The molecule has 1 saturated heterocycles. The molecule has 2 heterocycles. The number of hydrogen-bond acceptors (Lipinski definition) is 4. The summed E-state index contributed by atoms with van der Waals surface area (Å²) in [5.74, 6) is 0.0614. The number of nitrogens with one attached hydrogen (secondary N) is 2. The number of nitrogens with zero attached hydrogens (tertiary/aromatic N) is 2. The van der Waals surface area contributed by atoms with Crippen LogP contribution in [0.5, 0.6) is 0 Å². The number of piperidine rings is 1. The van der Waals surface area contributed by atoms with Gasteiger partial charge in [0.2, 0.25) is 5.91 Å². The predicted octanol–water partition coefficient (Wildman–Crippen LogP) is 4.80. The second-order valence-corrected chi connectivity index (χ2v) is 9.05. The third kappa shape index (κ3) is 5.75. The monoisotopic (exact) mass is 476 g/mol. The average Bonchev–Trinajstić information content (AvgIpc) is 3.62. The van der Waals surface area contributed by atoms with Crippen LogP contribution in [0.1, 0.15) is 30.7 Å². The van der Waals surface area contributed by atoms with E-state index in [1.807, 2.05) is 11.9 Å². The summed E-state index contributed by atoms with van der Waals surface area (Å²) in [5.41, 5.74) is -0.338. The number of amides is 1. The van der Waals surface area contributed by atoms with Crippen molar-refractivity contribution in [1.82, 2.24) is 15.2 Å². The largest absolute Gasteiger partial charge is 0.417 e. The van der Waals surface area contributed by atoms with Crippen molar-refractivity contribution in [2.24, 2.45) is 5.92 Å². The molecule has 1 aliphatic carbocycles. The number of benzene rings is 1. The number of aromatic nitrogens is 1. The molecular weight excluding hydrogens is 448 g/mol. The first-order valence-corrected chi connectivity index (χ1v) is 11.4. The fourth-order valence-corrected chi connectivity index (χ4v) is 4.08. The zero-order valence-corrected chi connectivity index (χ0v) is 19.0. The minimum absolute atomic E-state index is 0.0157. The maximum Gasteiger partial charge on any atom is 0.417 e. The molecule has 2 atom stereocenters. The van der Waals surface area contributed by atoms with Crippen molar-refractivity contribution >= 4 is 34.0 Å². The minimum atomic E-state index is -4.63. The topological polar surface area (TPSA) is 57.3 Å². The van der Waals surface area contributed by atoms with Crippen LogP contribution in [0, 0.1) is 5.92 Å². The number of alkyl halides is 4. The smallest absolute Gasteiger partial charge is 0.379 e. The summed E-state index contributed by atoms with van der Waals surface area (Å²) in [7, 11) is 1.87. The number of allylic oxidation sites excluding steroid dienone is 1. The lowest BCUT2D eigenvalue weighted by Crippen LogP contribution is -2.46. The van der Waals surface area contributed by atoms with E-state index < -0.39 is 17.9 Å². The Balaban J connectivity index is 1.60. The molecule has 1 amide bonds. The van der Waals surface area contributed by atoms with Gasteiger partial charge in [0.05, 0.1) is 23.0 Å². The van der Waals surface area contributed by atoms with Gasteiger partial charge in [0, 0.05) is 36.6 Å². The van der Waals surface area contributed by atoms with Crippen molar-refractivity contribution in [3.63, 3.8) is 0 Å². The molecule has 1 aromatic heterocycles. The van der Waals surface area contributed by atoms with Gasteiger partial charge in [-0.3, -0.25) is 4.79 Å². The summed E-state index contributed by atoms with van der Waals surface area (Å²) in [5, 5.41) is 6.81. The van der Waals surface area contributed by atoms with E-state index >= 15 is 0 Å². The summed E-state index contributed by atoms with van der Waals surface area (Å²) in [6, 6.07) is 6.22. The van der Waals surface area contributed by atoms with Gasteiger partial charge in [0.1, 0.15) is 6.17 Å². The van der Waals surface area contributed by atoms with Crippen LogP contribution in [-0.4, -0.2) is 60.9 Å². The van der Waals surface area contributed by atoms with Gasteiger partial charge in [0.25, 0.3) is 0 Å². The maximum atomic E-state index is 14.5. The van der Waals surface area contributed by atoms with E-state index in [0.717, 1.165) is 19.4 Å². The number of pyridine rings is 1. The lowest BCUT2D eigenvalue weighted by atomic mass is 10.0. The number of carbonyl (C=O) groups excluding carboxylic acids is 1. The third-order valence-electron chi connectivity index (χ3n) is 6.21. The van der Waals surface area contributed by atoms with Crippen LogP contribution in [0.15, 0.2) is 36.9 Å². The maximum absolute atomic E-state index is 14.5. The summed E-state index contributed by atoms with van der Waals surface area (Å²) in [6.45, 7) is 4.58. The zero-order chi connectivity index (χ0) is 24.5. The molecule has 1 aromatic carbocycles. The lowest BCUT2D eigenvalue weighted by Gasteiger charge is -2.33. The Bertz CT molecular complexity index is 1110. The van der Waals surface area contributed by atoms with Crippen LogP contribution in [0.3, 0.4) is 0 Å². The molecule has 2 fully saturated rings. The number of rotatable bonds is 7. The molecule has 2 aromatic rings. The normalized spacial score (nSPS) is 21.7. The summed E-state index contributed by atoms with van der Waals surface area (Å²) < 4.78 is 54.9. The highest BCUT2D eigenvalue weighted by molar-refractivity contribution is 5.95. The molecule has 0 spiro atoms. The van der Waals surface area contributed by atoms with Crippen LogP contribution in [0.25, 0.3) is 22.4 Å². The fraction of sp³-hybridized carbons (Fsp3) is 0.440. The summed E-state index contributed by atoms with van der Waals surface area (Å²) in [4.78, 5) is 17.9. The quantitative estimate of drug-likeness (QED) is 0.564. The number of carbonyl (C=O) groups is 1. The number of fused-ring (bicyclic) bond motifs is 1. The number of likely N-dealkylation sites (tertiary alicyclic amines) is 1. The zero-order valence-electron chi connectivity index (χ0n) is 19.0. The highest BCUT2D eigenvalue weighted by atomic mass is 19.4. The SMILES string of the molecule is C=C(c1nc(/C=C/CNC(=O)C2CC2)cc2cc(N[C@@H]3CCN(C)C[C@@H]3F)ccc12)C(F)(F)F. The number of hydrogen-bond donors (Lipinski definition) is 2. The Morgan fingerprint density at radius 3 is 2.71 bits per heavy atom. The van der Waals surface area contributed by atoms with Crippen molar-refractivity contribution in [1.29, 1.82) is 0 Å². The first-order valence-electron chi connectivity index (χ1n) is 11.4. The molecule has 4 rings (SSSR count). The van der Waals surface area contributed by atoms with Gasteiger partial charge in [-0.25, -0.2) is 9.37 Å². The molecule has 0 radical (unpaired) electrons. The van der Waals surface area contributed by atoms with Crippen molar-refractivity contribution in [3.05, 3.63) is 48.3 Å². The van der Waals surface area contributed by atoms with E-state index in [4.69, 9.17) is 0 Å². The van der Waals surface area contributed by atoms with Gasteiger partial charge in [-0.15, -0.1) is 0 Å². The van der Waals surface area contributed by atoms with E-state index in [-0.39, 0.29) is 30.1 Å². The minimum Gasteiger partial charge on any atom is -0.379 e. The first kappa shape index (κ1) is 24.2. The van der Waals surface area contributed by atoms with Crippen LogP contribution >= 0.6 is 0 Å². The molecular formula is C25H28F4N4O. The summed E-state index contributed by atoms with van der Waals surface area (Å²) >= 11 is 0. The molecule has 9 heteroatoms. The predicted molar refractivity (Wildman–Crippen MR) is 126 cm³/mol. The number of anilines is 1. The molecule has 5 nitrogen and oxygen atoms in total. The van der Waals surface area contributed by atoms with Gasteiger partial charge < -0.3 is 15.5 Å². The van der Waals surface area contributed by atoms with Crippen molar-refractivity contribution < 1.29 is 22.4 Å². The van der Waals surface area contributed by atoms with Gasteiger partial charge in [-0.2, -0.15) is 13.2 Å². The van der Waals surface area contributed by atoms with E-state index in [1.54, 1.807) is 36.4 Å². The van der Waals surface area contributed by atoms with Crippen molar-refractivity contribution in [2.45, 2.75) is 37.7 Å². The molecule has 34 heavy (non-hydrogen) atoms. The van der Waals surface area contributed by atoms with Crippen molar-refractivity contribution in [3.8, 4) is 0 Å². The van der Waals surface area contributed by atoms with Gasteiger partial charge in [0.15, 0.2) is 0 Å². The Labute approximate surface area is 195 Å². The van der Waals surface area contributed by atoms with Crippen LogP contribution in [0.2, 0.25) is 0 Å². The molecule has 2 N–H and O–H groups in total. The van der Waals surface area contributed by atoms with Crippen LogP contribution < -0.4 is 10.6 Å². The van der Waals surface area contributed by atoms with E-state index in [9.17, 15) is 22.4 Å². The third-order valence-corrected chi connectivity index (χ3v) is 6.21. The van der Waals surface area contributed by atoms with Crippen LogP contribution in [-0.2, 0) is 4.79 Å².